The van der Waals surface area contributed by atoms with E-state index < -0.39 is 0 Å². The first-order chi connectivity index (χ1) is 6.24. The highest BCUT2D eigenvalue weighted by atomic mass is 16.1. The van der Waals surface area contributed by atoms with E-state index in [1.165, 1.54) is 6.42 Å². The van der Waals surface area contributed by atoms with E-state index in [9.17, 15) is 4.79 Å². The van der Waals surface area contributed by atoms with Gasteiger partial charge in [0, 0.05) is 11.8 Å². The van der Waals surface area contributed by atoms with Gasteiger partial charge < -0.3 is 5.73 Å². The molecule has 0 amide bonds. The van der Waals surface area contributed by atoms with Crippen molar-refractivity contribution in [1.82, 2.24) is 4.98 Å². The quantitative estimate of drug-likeness (QED) is 0.689. The molecule has 0 aliphatic heterocycles. The van der Waals surface area contributed by atoms with Crippen molar-refractivity contribution in [2.75, 3.05) is 0 Å². The van der Waals surface area contributed by atoms with Crippen LogP contribution < -0.4 is 5.73 Å². The predicted molar refractivity (Wildman–Crippen MR) is 49.3 cm³/mol. The van der Waals surface area contributed by atoms with Crippen molar-refractivity contribution in [2.45, 2.75) is 24.8 Å². The Hall–Kier alpha value is -1.22. The van der Waals surface area contributed by atoms with Gasteiger partial charge in [0.15, 0.2) is 6.29 Å². The Morgan fingerprint density at radius 1 is 1.46 bits per heavy atom. The molecule has 0 atom stereocenters. The van der Waals surface area contributed by atoms with E-state index in [-0.39, 0.29) is 5.54 Å². The Morgan fingerprint density at radius 3 is 2.62 bits per heavy atom. The number of hydrogen-bond acceptors (Lipinski definition) is 3. The molecule has 1 aliphatic rings. The normalized spacial score (nSPS) is 19.2. The van der Waals surface area contributed by atoms with Crippen LogP contribution in [0, 0.1) is 0 Å². The highest BCUT2D eigenvalue weighted by Gasteiger charge is 2.35. The van der Waals surface area contributed by atoms with Crippen LogP contribution in [-0.2, 0) is 5.54 Å². The Bertz CT molecular complexity index is 314. The highest BCUT2D eigenvalue weighted by molar-refractivity contribution is 5.73. The van der Waals surface area contributed by atoms with E-state index in [0.717, 1.165) is 24.8 Å². The van der Waals surface area contributed by atoms with Crippen LogP contribution >= 0.6 is 0 Å². The molecule has 0 aromatic carbocycles. The molecule has 1 aliphatic carbocycles. The maximum atomic E-state index is 10.4. The van der Waals surface area contributed by atoms with E-state index in [1.54, 1.807) is 12.3 Å². The van der Waals surface area contributed by atoms with Crippen molar-refractivity contribution < 1.29 is 4.79 Å². The number of rotatable bonds is 2. The fraction of sp³-hybridized carbons (Fsp3) is 0.400. The third kappa shape index (κ3) is 1.35. The number of aromatic nitrogens is 1. The van der Waals surface area contributed by atoms with Gasteiger partial charge in [0.1, 0.15) is 0 Å². The monoisotopic (exact) mass is 176 g/mol. The molecule has 0 saturated heterocycles. The van der Waals surface area contributed by atoms with Crippen molar-refractivity contribution in [3.63, 3.8) is 0 Å². The topological polar surface area (TPSA) is 56.0 Å². The van der Waals surface area contributed by atoms with Crippen molar-refractivity contribution >= 4 is 6.29 Å². The zero-order valence-electron chi connectivity index (χ0n) is 7.36. The van der Waals surface area contributed by atoms with E-state index in [1.807, 2.05) is 6.07 Å². The van der Waals surface area contributed by atoms with Gasteiger partial charge in [-0.2, -0.15) is 0 Å². The molecule has 68 valence electrons. The number of nitrogens with two attached hydrogens (primary N) is 1. The molecule has 1 aromatic heterocycles. The first-order valence-electron chi connectivity index (χ1n) is 4.45. The number of aldehydes is 1. The summed E-state index contributed by atoms with van der Waals surface area (Å²) in [5.74, 6) is 0. The predicted octanol–water partition coefficient (Wildman–Crippen LogP) is 1.23. The third-order valence-electron chi connectivity index (χ3n) is 2.68. The zero-order chi connectivity index (χ0) is 9.31. The van der Waals surface area contributed by atoms with E-state index in [2.05, 4.69) is 4.98 Å². The minimum absolute atomic E-state index is 0.221. The molecule has 2 rings (SSSR count). The van der Waals surface area contributed by atoms with Gasteiger partial charge in [-0.15, -0.1) is 0 Å². The van der Waals surface area contributed by atoms with Gasteiger partial charge in [0.25, 0.3) is 0 Å². The average molecular weight is 176 g/mol. The number of pyridine rings is 1. The van der Waals surface area contributed by atoms with E-state index in [4.69, 9.17) is 5.73 Å². The second-order valence-electron chi connectivity index (χ2n) is 3.60. The molecule has 0 bridgehead atoms. The first-order valence-corrected chi connectivity index (χ1v) is 4.45. The largest absolute Gasteiger partial charge is 0.320 e. The maximum absolute atomic E-state index is 10.4. The first kappa shape index (κ1) is 8.38. The van der Waals surface area contributed by atoms with Gasteiger partial charge in [-0.25, -0.2) is 0 Å². The lowest BCUT2D eigenvalue weighted by molar-refractivity contribution is 0.112. The van der Waals surface area contributed by atoms with Crippen LogP contribution in [0.15, 0.2) is 18.3 Å². The van der Waals surface area contributed by atoms with Crippen molar-refractivity contribution in [2.24, 2.45) is 5.73 Å². The van der Waals surface area contributed by atoms with Gasteiger partial charge in [-0.3, -0.25) is 9.78 Å². The van der Waals surface area contributed by atoms with Gasteiger partial charge in [0.2, 0.25) is 0 Å². The molecule has 13 heavy (non-hydrogen) atoms. The summed E-state index contributed by atoms with van der Waals surface area (Å²) >= 11 is 0. The Balaban J connectivity index is 2.27. The Labute approximate surface area is 77.0 Å². The highest BCUT2D eigenvalue weighted by Crippen LogP contribution is 2.37. The van der Waals surface area contributed by atoms with Crippen molar-refractivity contribution in [3.8, 4) is 0 Å². The zero-order valence-corrected chi connectivity index (χ0v) is 7.36. The molecule has 0 spiro atoms. The molecule has 1 fully saturated rings. The number of carbonyl (C=O) groups is 1. The molecule has 3 nitrogen and oxygen atoms in total. The second kappa shape index (κ2) is 2.92. The van der Waals surface area contributed by atoms with Crippen LogP contribution in [-0.4, -0.2) is 11.3 Å². The molecule has 1 saturated carbocycles. The van der Waals surface area contributed by atoms with Gasteiger partial charge in [-0.1, -0.05) is 0 Å². The lowest BCUT2D eigenvalue weighted by atomic mass is 9.75. The summed E-state index contributed by atoms with van der Waals surface area (Å²) in [5, 5.41) is 0. The second-order valence-corrected chi connectivity index (χ2v) is 3.60. The summed E-state index contributed by atoms with van der Waals surface area (Å²) < 4.78 is 0. The summed E-state index contributed by atoms with van der Waals surface area (Å²) in [4.78, 5) is 14.6. The van der Waals surface area contributed by atoms with Crippen LogP contribution in [0.3, 0.4) is 0 Å². The third-order valence-corrected chi connectivity index (χ3v) is 2.68. The fourth-order valence-electron chi connectivity index (χ4n) is 1.58. The van der Waals surface area contributed by atoms with Crippen LogP contribution in [0.25, 0.3) is 0 Å². The average Bonchev–Trinajstić information content (AvgIpc) is 2.14. The number of carbonyl (C=O) groups excluding carboxylic acids is 1. The molecule has 1 aromatic rings. The lowest BCUT2D eigenvalue weighted by Crippen LogP contribution is -2.43. The summed E-state index contributed by atoms with van der Waals surface area (Å²) in [6, 6.07) is 3.62. The maximum Gasteiger partial charge on any atom is 0.151 e. The van der Waals surface area contributed by atoms with Crippen molar-refractivity contribution in [1.29, 1.82) is 0 Å². The standard InChI is InChI=1S/C10H12N2O/c11-10(4-1-5-10)9-3-2-8(7-13)6-12-9/h2-3,6-7H,1,4-5,11H2. The van der Waals surface area contributed by atoms with Gasteiger partial charge in [-0.05, 0) is 31.4 Å². The summed E-state index contributed by atoms with van der Waals surface area (Å²) in [5.41, 5.74) is 7.35. The molecule has 1 heterocycles. The minimum Gasteiger partial charge on any atom is -0.320 e. The number of nitrogens with zero attached hydrogens (tertiary/aromatic N) is 1. The minimum atomic E-state index is -0.221. The van der Waals surface area contributed by atoms with Crippen LogP contribution in [0.1, 0.15) is 35.3 Å². The fourth-order valence-corrected chi connectivity index (χ4v) is 1.58. The molecular weight excluding hydrogens is 164 g/mol. The van der Waals surface area contributed by atoms with Crippen LogP contribution in [0.4, 0.5) is 0 Å². The number of hydrogen-bond donors (Lipinski definition) is 1. The van der Waals surface area contributed by atoms with E-state index in [0.29, 0.717) is 5.56 Å². The van der Waals surface area contributed by atoms with Crippen LogP contribution in [0.2, 0.25) is 0 Å². The van der Waals surface area contributed by atoms with E-state index >= 15 is 0 Å². The summed E-state index contributed by atoms with van der Waals surface area (Å²) in [6.45, 7) is 0. The van der Waals surface area contributed by atoms with Gasteiger partial charge in [0.05, 0.1) is 11.2 Å². The summed E-state index contributed by atoms with van der Waals surface area (Å²) in [6.07, 6.45) is 5.55. The van der Waals surface area contributed by atoms with Crippen LogP contribution in [0.5, 0.6) is 0 Å². The molecule has 0 unspecified atom stereocenters. The van der Waals surface area contributed by atoms with Crippen molar-refractivity contribution in [3.05, 3.63) is 29.6 Å². The molecule has 0 radical (unpaired) electrons. The summed E-state index contributed by atoms with van der Waals surface area (Å²) in [7, 11) is 0. The molecule has 2 N–H and O–H groups in total. The Kier molecular flexibility index (Phi) is 1.88. The molecular formula is C10H12N2O. The van der Waals surface area contributed by atoms with Gasteiger partial charge >= 0.3 is 0 Å². The molecule has 3 heteroatoms. The SMILES string of the molecule is NC1(c2ccc(C=O)cn2)CCC1. The Morgan fingerprint density at radius 2 is 2.23 bits per heavy atom. The lowest BCUT2D eigenvalue weighted by Gasteiger charge is -2.37. The smallest absolute Gasteiger partial charge is 0.151 e.